The first kappa shape index (κ1) is 17.2. The molecule has 122 valence electrons. The Bertz CT molecular complexity index is 610. The molecular formula is C18H21NO3S. The summed E-state index contributed by atoms with van der Waals surface area (Å²) < 4.78 is 0. The largest absolute Gasteiger partial charge is 0.479 e. The summed E-state index contributed by atoms with van der Waals surface area (Å²) in [6.45, 7) is 0. The molecular weight excluding hydrogens is 310 g/mol. The van der Waals surface area contributed by atoms with Crippen molar-refractivity contribution < 1.29 is 14.7 Å². The van der Waals surface area contributed by atoms with E-state index in [0.29, 0.717) is 12.0 Å². The molecule has 0 fully saturated rings. The molecule has 2 rings (SSSR count). The summed E-state index contributed by atoms with van der Waals surface area (Å²) in [7, 11) is 0. The van der Waals surface area contributed by atoms with Gasteiger partial charge in [0.2, 0.25) is 5.91 Å². The summed E-state index contributed by atoms with van der Waals surface area (Å²) >= 11 is 1.75. The summed E-state index contributed by atoms with van der Waals surface area (Å²) in [5, 5.41) is 13.9. The highest BCUT2D eigenvalue weighted by Crippen LogP contribution is 2.15. The van der Waals surface area contributed by atoms with Crippen molar-refractivity contribution in [3.05, 3.63) is 58.3 Å². The summed E-state index contributed by atoms with van der Waals surface area (Å²) in [4.78, 5) is 24.6. The predicted octanol–water partition coefficient (Wildman–Crippen LogP) is 3.79. The first-order chi connectivity index (χ1) is 11.2. The van der Waals surface area contributed by atoms with Crippen LogP contribution in [0.1, 0.15) is 42.2 Å². The zero-order valence-corrected chi connectivity index (χ0v) is 13.7. The average molecular weight is 331 g/mol. The van der Waals surface area contributed by atoms with Crippen molar-refractivity contribution >= 4 is 23.2 Å². The lowest BCUT2D eigenvalue weighted by molar-refractivity contribution is -0.142. The number of thiophene rings is 1. The molecule has 1 aromatic heterocycles. The number of benzene rings is 1. The number of hydrogen-bond acceptors (Lipinski definition) is 3. The molecule has 2 N–H and O–H groups in total. The van der Waals surface area contributed by atoms with Crippen molar-refractivity contribution in [1.29, 1.82) is 0 Å². The molecule has 0 bridgehead atoms. The fourth-order valence-electron chi connectivity index (χ4n) is 2.38. The number of amides is 1. The number of nitrogens with one attached hydrogen (secondary N) is 1. The van der Waals surface area contributed by atoms with Crippen molar-refractivity contribution in [2.24, 2.45) is 0 Å². The molecule has 2 aromatic rings. The van der Waals surface area contributed by atoms with E-state index in [1.807, 2.05) is 12.1 Å². The number of carbonyl (C=O) groups is 2. The second-order valence-corrected chi connectivity index (χ2v) is 6.42. The van der Waals surface area contributed by atoms with Crippen LogP contribution < -0.4 is 5.32 Å². The number of aryl methyl sites for hydroxylation is 1. The molecule has 0 aliphatic carbocycles. The van der Waals surface area contributed by atoms with Crippen LogP contribution in [0, 0.1) is 0 Å². The fraction of sp³-hybridized carbons (Fsp3) is 0.333. The monoisotopic (exact) mass is 331 g/mol. The molecule has 0 saturated carbocycles. The van der Waals surface area contributed by atoms with Crippen LogP contribution in [0.25, 0.3) is 0 Å². The van der Waals surface area contributed by atoms with E-state index in [9.17, 15) is 14.7 Å². The van der Waals surface area contributed by atoms with Gasteiger partial charge in [-0.15, -0.1) is 11.3 Å². The SMILES string of the molecule is O=C(CCCCCc1cccs1)NC(C(=O)O)c1ccccc1. The van der Waals surface area contributed by atoms with Crippen LogP contribution in [0.2, 0.25) is 0 Å². The third kappa shape index (κ3) is 5.87. The quantitative estimate of drug-likeness (QED) is 0.687. The Morgan fingerprint density at radius 3 is 2.48 bits per heavy atom. The second-order valence-electron chi connectivity index (χ2n) is 5.39. The first-order valence-corrected chi connectivity index (χ1v) is 8.64. The van der Waals surface area contributed by atoms with Crippen molar-refractivity contribution in [3.63, 3.8) is 0 Å². The van der Waals surface area contributed by atoms with E-state index in [4.69, 9.17) is 0 Å². The van der Waals surface area contributed by atoms with Gasteiger partial charge in [0.05, 0.1) is 0 Å². The molecule has 5 heteroatoms. The van der Waals surface area contributed by atoms with Gasteiger partial charge in [-0.05, 0) is 36.3 Å². The zero-order chi connectivity index (χ0) is 16.5. The van der Waals surface area contributed by atoms with Crippen molar-refractivity contribution in [3.8, 4) is 0 Å². The summed E-state index contributed by atoms with van der Waals surface area (Å²) in [6, 6.07) is 12.0. The predicted molar refractivity (Wildman–Crippen MR) is 91.5 cm³/mol. The van der Waals surface area contributed by atoms with E-state index in [1.54, 1.807) is 35.6 Å². The van der Waals surface area contributed by atoms with Crippen LogP contribution in [0.3, 0.4) is 0 Å². The Hall–Kier alpha value is -2.14. The van der Waals surface area contributed by atoms with Crippen LogP contribution in [0.4, 0.5) is 0 Å². The Morgan fingerprint density at radius 2 is 1.83 bits per heavy atom. The Labute approximate surface area is 140 Å². The normalized spacial score (nSPS) is 11.8. The van der Waals surface area contributed by atoms with E-state index in [0.717, 1.165) is 25.7 Å². The van der Waals surface area contributed by atoms with Gasteiger partial charge in [0.25, 0.3) is 0 Å². The first-order valence-electron chi connectivity index (χ1n) is 7.76. The molecule has 1 unspecified atom stereocenters. The minimum atomic E-state index is -1.04. The third-order valence-corrected chi connectivity index (χ3v) is 4.53. The summed E-state index contributed by atoms with van der Waals surface area (Å²) in [5.41, 5.74) is 0.589. The lowest BCUT2D eigenvalue weighted by atomic mass is 10.1. The number of unbranched alkanes of at least 4 members (excludes halogenated alkanes) is 2. The average Bonchev–Trinajstić information content (AvgIpc) is 3.06. The van der Waals surface area contributed by atoms with Gasteiger partial charge in [0.1, 0.15) is 0 Å². The highest BCUT2D eigenvalue weighted by atomic mass is 32.1. The second kappa shape index (κ2) is 9.10. The molecule has 1 heterocycles. The molecule has 0 radical (unpaired) electrons. The summed E-state index contributed by atoms with van der Waals surface area (Å²) in [5.74, 6) is -1.25. The number of aliphatic carboxylic acids is 1. The molecule has 1 atom stereocenters. The van der Waals surface area contributed by atoms with Gasteiger partial charge in [-0.25, -0.2) is 4.79 Å². The van der Waals surface area contributed by atoms with Crippen molar-refractivity contribution in [2.75, 3.05) is 0 Å². The number of rotatable bonds is 9. The van der Waals surface area contributed by atoms with Gasteiger partial charge in [0, 0.05) is 11.3 Å². The number of carboxylic acid groups (broad SMARTS) is 1. The van der Waals surface area contributed by atoms with E-state index in [-0.39, 0.29) is 5.91 Å². The van der Waals surface area contributed by atoms with Crippen LogP contribution in [-0.2, 0) is 16.0 Å². The highest BCUT2D eigenvalue weighted by molar-refractivity contribution is 7.09. The molecule has 23 heavy (non-hydrogen) atoms. The number of hydrogen-bond donors (Lipinski definition) is 2. The van der Waals surface area contributed by atoms with Crippen LogP contribution in [-0.4, -0.2) is 17.0 Å². The van der Waals surface area contributed by atoms with Crippen LogP contribution >= 0.6 is 11.3 Å². The van der Waals surface area contributed by atoms with Gasteiger partial charge >= 0.3 is 5.97 Å². The third-order valence-electron chi connectivity index (χ3n) is 3.59. The lowest BCUT2D eigenvalue weighted by Crippen LogP contribution is -2.33. The maximum absolute atomic E-state index is 12.0. The van der Waals surface area contributed by atoms with Gasteiger partial charge in [0.15, 0.2) is 6.04 Å². The topological polar surface area (TPSA) is 66.4 Å². The lowest BCUT2D eigenvalue weighted by Gasteiger charge is -2.14. The molecule has 1 aromatic carbocycles. The summed E-state index contributed by atoms with van der Waals surface area (Å²) in [6.07, 6.45) is 4.20. The number of carbonyl (C=O) groups excluding carboxylic acids is 1. The van der Waals surface area contributed by atoms with E-state index in [2.05, 4.69) is 16.8 Å². The van der Waals surface area contributed by atoms with E-state index in [1.165, 1.54) is 4.88 Å². The molecule has 0 saturated heterocycles. The smallest absolute Gasteiger partial charge is 0.330 e. The minimum Gasteiger partial charge on any atom is -0.479 e. The Morgan fingerprint density at radius 1 is 1.04 bits per heavy atom. The standard InChI is InChI=1S/C18H21NO3S/c20-16(12-6-2-5-10-15-11-7-13-23-15)19-17(18(21)22)14-8-3-1-4-9-14/h1,3-4,7-9,11,13,17H,2,5-6,10,12H2,(H,19,20)(H,21,22). The van der Waals surface area contributed by atoms with Crippen molar-refractivity contribution in [1.82, 2.24) is 5.32 Å². The van der Waals surface area contributed by atoms with Gasteiger partial charge in [-0.1, -0.05) is 42.8 Å². The van der Waals surface area contributed by atoms with E-state index >= 15 is 0 Å². The van der Waals surface area contributed by atoms with Crippen LogP contribution in [0.15, 0.2) is 47.8 Å². The number of carboxylic acids is 1. The van der Waals surface area contributed by atoms with Gasteiger partial charge < -0.3 is 10.4 Å². The highest BCUT2D eigenvalue weighted by Gasteiger charge is 2.21. The Kier molecular flexibility index (Phi) is 6.81. The van der Waals surface area contributed by atoms with E-state index < -0.39 is 12.0 Å². The molecule has 1 amide bonds. The Balaban J connectivity index is 1.71. The maximum Gasteiger partial charge on any atom is 0.330 e. The fourth-order valence-corrected chi connectivity index (χ4v) is 3.13. The van der Waals surface area contributed by atoms with Gasteiger partial charge in [-0.3, -0.25) is 4.79 Å². The molecule has 0 aliphatic heterocycles. The zero-order valence-electron chi connectivity index (χ0n) is 12.9. The van der Waals surface area contributed by atoms with Gasteiger partial charge in [-0.2, -0.15) is 0 Å². The molecule has 4 nitrogen and oxygen atoms in total. The van der Waals surface area contributed by atoms with Crippen molar-refractivity contribution in [2.45, 2.75) is 38.1 Å². The van der Waals surface area contributed by atoms with Crippen LogP contribution in [0.5, 0.6) is 0 Å². The molecule has 0 aliphatic rings. The molecule has 0 spiro atoms. The minimum absolute atomic E-state index is 0.211. The maximum atomic E-state index is 12.0.